The van der Waals surface area contributed by atoms with Crippen molar-refractivity contribution < 1.29 is 38.3 Å². The number of rotatable bonds is 19. The lowest BCUT2D eigenvalue weighted by molar-refractivity contribution is -0.136. The summed E-state index contributed by atoms with van der Waals surface area (Å²) in [5.41, 5.74) is 7.38. The van der Waals surface area contributed by atoms with Gasteiger partial charge < -0.3 is 46.3 Å². The molecule has 2 saturated heterocycles. The van der Waals surface area contributed by atoms with Crippen LogP contribution in [0.1, 0.15) is 64.9 Å². The molecule has 5 atom stereocenters. The van der Waals surface area contributed by atoms with Crippen LogP contribution in [0.5, 0.6) is 0 Å². The highest BCUT2D eigenvalue weighted by molar-refractivity contribution is 5.96. The van der Waals surface area contributed by atoms with Crippen LogP contribution >= 0.6 is 0 Å². The van der Waals surface area contributed by atoms with E-state index in [1.54, 1.807) is 49.8 Å². The number of piperidine rings is 1. The maximum atomic E-state index is 13.1. The smallest absolute Gasteiger partial charge is 0.243 e. The monoisotopic (exact) mass is 713 g/mol. The number of nitrogens with two attached hydrogens (primary N) is 1. The second kappa shape index (κ2) is 20.5. The fourth-order valence-electron chi connectivity index (χ4n) is 6.60. The number of carbonyl (C=O) groups excluding carboxylic acids is 7. The Kier molecular flexibility index (Phi) is 16.5. The molecule has 15 heteroatoms. The SMILES string of the molecule is CO[C@H]([C@@H](C)C(=O)N[C@H](CN)Cc1ccc(NC(=O)CNC(=O)C(NC(=O)CCC(=O)N2CCC(C=O)CC2)C(C)C)cc1)[C@@H]1CCCN1C=O. The van der Waals surface area contributed by atoms with E-state index >= 15 is 0 Å². The highest BCUT2D eigenvalue weighted by atomic mass is 16.5. The highest BCUT2D eigenvalue weighted by Crippen LogP contribution is 2.25. The van der Waals surface area contributed by atoms with E-state index in [0.717, 1.165) is 31.1 Å². The van der Waals surface area contributed by atoms with Gasteiger partial charge in [0.2, 0.25) is 35.9 Å². The Hall–Kier alpha value is -4.37. The molecule has 6 amide bonds. The number of aldehydes is 1. The fourth-order valence-corrected chi connectivity index (χ4v) is 6.60. The van der Waals surface area contributed by atoms with E-state index in [9.17, 15) is 33.6 Å². The zero-order valence-electron chi connectivity index (χ0n) is 30.2. The van der Waals surface area contributed by atoms with Gasteiger partial charge >= 0.3 is 0 Å². The molecule has 1 aromatic carbocycles. The van der Waals surface area contributed by atoms with Crippen molar-refractivity contribution >= 4 is 47.9 Å². The summed E-state index contributed by atoms with van der Waals surface area (Å²) in [5, 5.41) is 11.0. The number of likely N-dealkylation sites (tertiary alicyclic amines) is 2. The van der Waals surface area contributed by atoms with Gasteiger partial charge in [0.1, 0.15) is 12.3 Å². The number of methoxy groups -OCH3 is 1. The van der Waals surface area contributed by atoms with Crippen LogP contribution < -0.4 is 27.0 Å². The molecule has 6 N–H and O–H groups in total. The van der Waals surface area contributed by atoms with Crippen LogP contribution in [-0.2, 0) is 44.7 Å². The first kappa shape index (κ1) is 41.1. The van der Waals surface area contributed by atoms with Crippen LogP contribution in [0.15, 0.2) is 24.3 Å². The zero-order valence-corrected chi connectivity index (χ0v) is 30.2. The molecule has 282 valence electrons. The molecule has 0 aromatic heterocycles. The molecule has 0 aliphatic carbocycles. The number of benzene rings is 1. The second-order valence-corrected chi connectivity index (χ2v) is 13.8. The lowest BCUT2D eigenvalue weighted by Gasteiger charge is -2.32. The second-order valence-electron chi connectivity index (χ2n) is 13.8. The van der Waals surface area contributed by atoms with Crippen LogP contribution in [0.4, 0.5) is 5.69 Å². The van der Waals surface area contributed by atoms with Gasteiger partial charge in [-0.1, -0.05) is 32.9 Å². The number of hydrogen-bond acceptors (Lipinski definition) is 9. The fraction of sp³-hybridized carbons (Fsp3) is 0.639. The average Bonchev–Trinajstić information content (AvgIpc) is 3.60. The Bertz CT molecular complexity index is 1350. The van der Waals surface area contributed by atoms with Crippen LogP contribution in [0, 0.1) is 17.8 Å². The molecular formula is C36H55N7O8. The average molecular weight is 714 g/mol. The molecule has 2 aliphatic rings. The third-order valence-corrected chi connectivity index (χ3v) is 9.73. The molecule has 2 fully saturated rings. The summed E-state index contributed by atoms with van der Waals surface area (Å²) in [6.07, 6.45) is 4.55. The number of ether oxygens (including phenoxy) is 1. The van der Waals surface area contributed by atoms with Gasteiger partial charge in [0.05, 0.1) is 24.6 Å². The first-order valence-electron chi connectivity index (χ1n) is 17.8. The molecule has 0 radical (unpaired) electrons. The lowest BCUT2D eigenvalue weighted by Crippen LogP contribution is -2.51. The molecule has 0 bridgehead atoms. The van der Waals surface area contributed by atoms with Crippen molar-refractivity contribution in [3.05, 3.63) is 29.8 Å². The molecule has 2 heterocycles. The predicted octanol–water partition coefficient (Wildman–Crippen LogP) is 0.358. The van der Waals surface area contributed by atoms with Gasteiger partial charge in [0.25, 0.3) is 0 Å². The summed E-state index contributed by atoms with van der Waals surface area (Å²) < 4.78 is 5.65. The van der Waals surface area contributed by atoms with Gasteiger partial charge in [-0.2, -0.15) is 0 Å². The molecule has 1 aromatic rings. The largest absolute Gasteiger partial charge is 0.378 e. The topological polar surface area (TPSA) is 209 Å². The number of anilines is 1. The minimum atomic E-state index is -0.892. The van der Waals surface area contributed by atoms with Crippen molar-refractivity contribution in [2.24, 2.45) is 23.5 Å². The maximum absolute atomic E-state index is 13.1. The Balaban J connectivity index is 1.42. The molecule has 3 rings (SSSR count). The summed E-state index contributed by atoms with van der Waals surface area (Å²) in [6.45, 7) is 6.83. The minimum Gasteiger partial charge on any atom is -0.378 e. The zero-order chi connectivity index (χ0) is 37.5. The van der Waals surface area contributed by atoms with Gasteiger partial charge in [-0.3, -0.25) is 28.8 Å². The molecule has 15 nitrogen and oxygen atoms in total. The first-order chi connectivity index (χ1) is 24.4. The van der Waals surface area contributed by atoms with E-state index < -0.39 is 35.8 Å². The van der Waals surface area contributed by atoms with E-state index in [1.807, 2.05) is 12.1 Å². The van der Waals surface area contributed by atoms with Gasteiger partial charge in [-0.25, -0.2) is 0 Å². The summed E-state index contributed by atoms with van der Waals surface area (Å²) in [7, 11) is 1.55. The Morgan fingerprint density at radius 3 is 2.20 bits per heavy atom. The van der Waals surface area contributed by atoms with Crippen molar-refractivity contribution in [1.82, 2.24) is 25.8 Å². The summed E-state index contributed by atoms with van der Waals surface area (Å²) in [6, 6.07) is 5.66. The van der Waals surface area contributed by atoms with Gasteiger partial charge in [-0.05, 0) is 55.7 Å². The summed E-state index contributed by atoms with van der Waals surface area (Å²) in [5.74, 6) is -2.59. The van der Waals surface area contributed by atoms with E-state index in [1.165, 1.54) is 0 Å². The third kappa shape index (κ3) is 12.4. The molecule has 2 aliphatic heterocycles. The standard InChI is InChI=1S/C36H55N7O8/c1-23(2)33(41-30(46)11-12-32(48)42-16-13-26(21-44)14-17-42)36(50)38-20-31(47)39-27-9-7-25(8-10-27)18-28(19-37)40-35(49)24(3)34(51-4)29-6-5-15-43(29)22-45/h7-10,21-24,26,28-29,33-34H,5-6,11-20,37H2,1-4H3,(H,38,50)(H,39,47)(H,40,49)(H,41,46)/t24-,28+,29+,33?,34-/m1/s1. The normalized spacial score (nSPS) is 18.7. The Labute approximate surface area is 300 Å². The predicted molar refractivity (Wildman–Crippen MR) is 190 cm³/mol. The van der Waals surface area contributed by atoms with E-state index in [-0.39, 0.29) is 61.7 Å². The minimum absolute atomic E-state index is 0.00348. The van der Waals surface area contributed by atoms with Crippen LogP contribution in [0.2, 0.25) is 0 Å². The van der Waals surface area contributed by atoms with E-state index in [0.29, 0.717) is 44.6 Å². The van der Waals surface area contributed by atoms with Gasteiger partial charge in [0, 0.05) is 63.8 Å². The van der Waals surface area contributed by atoms with Crippen molar-refractivity contribution in [3.8, 4) is 0 Å². The molecule has 0 saturated carbocycles. The van der Waals surface area contributed by atoms with Crippen molar-refractivity contribution in [3.63, 3.8) is 0 Å². The first-order valence-corrected chi connectivity index (χ1v) is 17.8. The maximum Gasteiger partial charge on any atom is 0.243 e. The Morgan fingerprint density at radius 2 is 1.61 bits per heavy atom. The quantitative estimate of drug-likeness (QED) is 0.125. The highest BCUT2D eigenvalue weighted by Gasteiger charge is 2.37. The summed E-state index contributed by atoms with van der Waals surface area (Å²) >= 11 is 0. The number of hydrogen-bond donors (Lipinski definition) is 5. The van der Waals surface area contributed by atoms with Crippen LogP contribution in [-0.4, -0.2) is 116 Å². The van der Waals surface area contributed by atoms with Crippen molar-refractivity contribution in [1.29, 1.82) is 0 Å². The van der Waals surface area contributed by atoms with Crippen molar-refractivity contribution in [2.75, 3.05) is 45.2 Å². The number of nitrogens with one attached hydrogen (secondary N) is 4. The van der Waals surface area contributed by atoms with Crippen molar-refractivity contribution in [2.45, 2.75) is 89.9 Å². The number of nitrogens with zero attached hydrogens (tertiary/aromatic N) is 2. The van der Waals surface area contributed by atoms with Gasteiger partial charge in [0.15, 0.2) is 0 Å². The third-order valence-electron chi connectivity index (χ3n) is 9.73. The van der Waals surface area contributed by atoms with E-state index in [2.05, 4.69) is 21.3 Å². The lowest BCUT2D eigenvalue weighted by atomic mass is 9.94. The number of carbonyl (C=O) groups is 7. The van der Waals surface area contributed by atoms with E-state index in [4.69, 9.17) is 10.5 Å². The Morgan fingerprint density at radius 1 is 0.922 bits per heavy atom. The number of amides is 6. The van der Waals surface area contributed by atoms with Crippen LogP contribution in [0.25, 0.3) is 0 Å². The molecule has 51 heavy (non-hydrogen) atoms. The molecular weight excluding hydrogens is 658 g/mol. The van der Waals surface area contributed by atoms with Gasteiger partial charge in [-0.15, -0.1) is 0 Å². The molecule has 0 spiro atoms. The summed E-state index contributed by atoms with van der Waals surface area (Å²) in [4.78, 5) is 89.5. The van der Waals surface area contributed by atoms with Crippen LogP contribution in [0.3, 0.4) is 0 Å². The molecule has 1 unspecified atom stereocenters.